The maximum absolute atomic E-state index is 14.3. The van der Waals surface area contributed by atoms with Crippen molar-refractivity contribution in [3.8, 4) is 0 Å². The zero-order chi connectivity index (χ0) is 14.7. The Balaban J connectivity index is 2.00. The molecule has 0 heterocycles. The third-order valence-corrected chi connectivity index (χ3v) is 4.27. The molecule has 1 saturated carbocycles. The lowest BCUT2D eigenvalue weighted by atomic mass is 9.82. The van der Waals surface area contributed by atoms with Crippen LogP contribution in [-0.2, 0) is 4.74 Å². The van der Waals surface area contributed by atoms with Gasteiger partial charge in [-0.15, -0.1) is 0 Å². The molecule has 1 aliphatic rings. The van der Waals surface area contributed by atoms with Gasteiger partial charge in [0.1, 0.15) is 5.82 Å². The van der Waals surface area contributed by atoms with Gasteiger partial charge in [-0.05, 0) is 68.6 Å². The molecule has 1 aliphatic carbocycles. The van der Waals surface area contributed by atoms with E-state index >= 15 is 0 Å². The van der Waals surface area contributed by atoms with Crippen LogP contribution in [0.5, 0.6) is 0 Å². The van der Waals surface area contributed by atoms with Crippen molar-refractivity contribution in [3.63, 3.8) is 0 Å². The molecule has 1 fully saturated rings. The van der Waals surface area contributed by atoms with Crippen molar-refractivity contribution in [2.24, 2.45) is 0 Å². The number of hydrogen-bond acceptors (Lipinski definition) is 1. The number of rotatable bonds is 4. The fraction of sp³-hybridized carbons (Fsp3) is 0.667. The average molecular weight is 278 g/mol. The minimum Gasteiger partial charge on any atom is -0.376 e. The highest BCUT2D eigenvalue weighted by Gasteiger charge is 2.25. The third kappa shape index (κ3) is 3.82. The summed E-state index contributed by atoms with van der Waals surface area (Å²) in [5, 5.41) is 0. The smallest absolute Gasteiger partial charge is 0.126 e. The van der Waals surface area contributed by atoms with Gasteiger partial charge in [0.05, 0.1) is 12.2 Å². The van der Waals surface area contributed by atoms with Crippen molar-refractivity contribution in [3.05, 3.63) is 35.1 Å². The van der Waals surface area contributed by atoms with Crippen LogP contribution in [0.25, 0.3) is 0 Å². The molecular weight excluding hydrogens is 251 g/mol. The van der Waals surface area contributed by atoms with Gasteiger partial charge in [-0.2, -0.15) is 0 Å². The molecule has 0 aromatic heterocycles. The Morgan fingerprint density at radius 2 is 1.70 bits per heavy atom. The molecule has 0 N–H and O–H groups in total. The molecule has 2 heteroatoms. The first kappa shape index (κ1) is 15.5. The van der Waals surface area contributed by atoms with E-state index in [0.717, 1.165) is 36.8 Å². The van der Waals surface area contributed by atoms with Crippen LogP contribution in [0.15, 0.2) is 18.2 Å². The number of halogens is 1. The van der Waals surface area contributed by atoms with E-state index in [9.17, 15) is 4.39 Å². The van der Waals surface area contributed by atoms with Crippen molar-refractivity contribution in [2.75, 3.05) is 0 Å². The van der Waals surface area contributed by atoms with Crippen LogP contribution in [0.3, 0.4) is 0 Å². The Kier molecular flexibility index (Phi) is 5.20. The lowest BCUT2D eigenvalue weighted by Crippen LogP contribution is -2.24. The van der Waals surface area contributed by atoms with Crippen LogP contribution in [0.4, 0.5) is 4.39 Å². The summed E-state index contributed by atoms with van der Waals surface area (Å²) in [5.41, 5.74) is 1.99. The topological polar surface area (TPSA) is 9.23 Å². The van der Waals surface area contributed by atoms with E-state index < -0.39 is 0 Å². The Morgan fingerprint density at radius 3 is 2.20 bits per heavy atom. The van der Waals surface area contributed by atoms with Crippen molar-refractivity contribution in [1.29, 1.82) is 0 Å². The fourth-order valence-electron chi connectivity index (χ4n) is 3.13. The second-order valence-corrected chi connectivity index (χ2v) is 6.59. The summed E-state index contributed by atoms with van der Waals surface area (Å²) in [7, 11) is 0. The summed E-state index contributed by atoms with van der Waals surface area (Å²) in [4.78, 5) is 0. The molecule has 2 rings (SSSR count). The van der Waals surface area contributed by atoms with E-state index in [-0.39, 0.29) is 5.82 Å². The standard InChI is InChI=1S/C18H27FO/c1-12(2)15-7-10-17(18(19)11-15)14-5-8-16(9-6-14)20-13(3)4/h7,10-14,16H,5-6,8-9H2,1-4H3. The zero-order valence-electron chi connectivity index (χ0n) is 13.2. The number of ether oxygens (including phenoxy) is 1. The molecule has 0 aliphatic heterocycles. The molecule has 0 saturated heterocycles. The van der Waals surface area contributed by atoms with Gasteiger partial charge in [0.15, 0.2) is 0 Å². The first-order chi connectivity index (χ1) is 9.47. The number of hydrogen-bond donors (Lipinski definition) is 0. The van der Waals surface area contributed by atoms with Gasteiger partial charge in [0.2, 0.25) is 0 Å². The lowest BCUT2D eigenvalue weighted by Gasteiger charge is -2.30. The van der Waals surface area contributed by atoms with Crippen molar-refractivity contribution >= 4 is 0 Å². The van der Waals surface area contributed by atoms with E-state index in [1.54, 1.807) is 6.07 Å². The highest BCUT2D eigenvalue weighted by Crippen LogP contribution is 2.36. The Bertz CT molecular complexity index is 431. The van der Waals surface area contributed by atoms with Gasteiger partial charge in [0.25, 0.3) is 0 Å². The Labute approximate surface area is 122 Å². The minimum atomic E-state index is -0.0237. The molecule has 0 radical (unpaired) electrons. The molecule has 20 heavy (non-hydrogen) atoms. The molecule has 0 spiro atoms. The normalized spacial score (nSPS) is 23.6. The summed E-state index contributed by atoms with van der Waals surface area (Å²) < 4.78 is 20.1. The first-order valence-corrected chi connectivity index (χ1v) is 7.92. The summed E-state index contributed by atoms with van der Waals surface area (Å²) >= 11 is 0. The monoisotopic (exact) mass is 278 g/mol. The van der Waals surface area contributed by atoms with Crippen molar-refractivity contribution in [1.82, 2.24) is 0 Å². The Hall–Kier alpha value is -0.890. The molecule has 1 aromatic carbocycles. The first-order valence-electron chi connectivity index (χ1n) is 7.92. The van der Waals surface area contributed by atoms with Gasteiger partial charge in [-0.1, -0.05) is 26.0 Å². The largest absolute Gasteiger partial charge is 0.376 e. The quantitative estimate of drug-likeness (QED) is 0.716. The Morgan fingerprint density at radius 1 is 1.05 bits per heavy atom. The van der Waals surface area contributed by atoms with Crippen LogP contribution >= 0.6 is 0 Å². The van der Waals surface area contributed by atoms with E-state index in [2.05, 4.69) is 33.8 Å². The number of benzene rings is 1. The molecule has 0 amide bonds. The predicted octanol–water partition coefficient (Wildman–Crippen LogP) is 5.40. The second-order valence-electron chi connectivity index (χ2n) is 6.59. The highest BCUT2D eigenvalue weighted by atomic mass is 19.1. The van der Waals surface area contributed by atoms with Crippen LogP contribution in [0.2, 0.25) is 0 Å². The molecule has 0 unspecified atom stereocenters. The molecule has 1 aromatic rings. The summed E-state index contributed by atoms with van der Waals surface area (Å²) in [6.45, 7) is 8.36. The van der Waals surface area contributed by atoms with Crippen molar-refractivity contribution in [2.45, 2.75) is 77.4 Å². The average Bonchev–Trinajstić information content (AvgIpc) is 2.39. The van der Waals surface area contributed by atoms with E-state index in [1.807, 2.05) is 6.07 Å². The van der Waals surface area contributed by atoms with Crippen LogP contribution in [-0.4, -0.2) is 12.2 Å². The van der Waals surface area contributed by atoms with Gasteiger partial charge in [0, 0.05) is 0 Å². The molecule has 1 nitrogen and oxygen atoms in total. The molecular formula is C18H27FO. The van der Waals surface area contributed by atoms with Crippen LogP contribution in [0, 0.1) is 5.82 Å². The van der Waals surface area contributed by atoms with Gasteiger partial charge < -0.3 is 4.74 Å². The highest BCUT2D eigenvalue weighted by molar-refractivity contribution is 5.29. The zero-order valence-corrected chi connectivity index (χ0v) is 13.2. The SMILES string of the molecule is CC(C)OC1CCC(c2ccc(C(C)C)cc2F)CC1. The van der Waals surface area contributed by atoms with Gasteiger partial charge in [-0.3, -0.25) is 0 Å². The van der Waals surface area contributed by atoms with Crippen LogP contribution in [0.1, 0.15) is 76.3 Å². The fourth-order valence-corrected chi connectivity index (χ4v) is 3.13. The maximum atomic E-state index is 14.3. The second kappa shape index (κ2) is 6.71. The summed E-state index contributed by atoms with van der Waals surface area (Å²) in [6.07, 6.45) is 4.83. The van der Waals surface area contributed by atoms with E-state index in [0.29, 0.717) is 24.0 Å². The molecule has 112 valence electrons. The minimum absolute atomic E-state index is 0.0237. The maximum Gasteiger partial charge on any atom is 0.126 e. The summed E-state index contributed by atoms with van der Waals surface area (Å²) in [5.74, 6) is 0.724. The molecule has 0 bridgehead atoms. The molecule has 0 atom stereocenters. The van der Waals surface area contributed by atoms with E-state index in [1.165, 1.54) is 0 Å². The van der Waals surface area contributed by atoms with Crippen LogP contribution < -0.4 is 0 Å². The third-order valence-electron chi connectivity index (χ3n) is 4.27. The van der Waals surface area contributed by atoms with Crippen molar-refractivity contribution < 1.29 is 9.13 Å². The lowest BCUT2D eigenvalue weighted by molar-refractivity contribution is -0.0148. The van der Waals surface area contributed by atoms with Gasteiger partial charge in [-0.25, -0.2) is 4.39 Å². The predicted molar refractivity (Wildman–Crippen MR) is 81.7 cm³/mol. The van der Waals surface area contributed by atoms with E-state index in [4.69, 9.17) is 4.74 Å². The van der Waals surface area contributed by atoms with Gasteiger partial charge >= 0.3 is 0 Å². The summed E-state index contributed by atoms with van der Waals surface area (Å²) in [6, 6.07) is 5.80.